The lowest BCUT2D eigenvalue weighted by molar-refractivity contribution is 1.18. The number of benzene rings is 4. The Hall–Kier alpha value is -4.28. The van der Waals surface area contributed by atoms with Gasteiger partial charge in [0.25, 0.3) is 0 Å². The summed E-state index contributed by atoms with van der Waals surface area (Å²) >= 11 is 1.90. The molecule has 158 valence electrons. The van der Waals surface area contributed by atoms with E-state index in [2.05, 4.69) is 93.4 Å². The second-order valence-corrected chi connectivity index (χ2v) is 9.71. The van der Waals surface area contributed by atoms with E-state index in [-0.39, 0.29) is 0 Å². The molecular formula is C30H17N3S. The monoisotopic (exact) mass is 451 g/mol. The van der Waals surface area contributed by atoms with Crippen molar-refractivity contribution in [1.29, 1.82) is 0 Å². The summed E-state index contributed by atoms with van der Waals surface area (Å²) in [5, 5.41) is 7.82. The molecule has 0 amide bonds. The number of pyridine rings is 2. The van der Waals surface area contributed by atoms with E-state index >= 15 is 0 Å². The Morgan fingerprint density at radius 3 is 1.88 bits per heavy atom. The van der Waals surface area contributed by atoms with Crippen molar-refractivity contribution in [2.75, 3.05) is 0 Å². The summed E-state index contributed by atoms with van der Waals surface area (Å²) in [6.07, 6.45) is 3.67. The van der Waals surface area contributed by atoms with Crippen molar-refractivity contribution in [2.45, 2.75) is 0 Å². The van der Waals surface area contributed by atoms with Gasteiger partial charge in [0, 0.05) is 38.3 Å². The lowest BCUT2D eigenvalue weighted by atomic mass is 10.0. The minimum atomic E-state index is 0.935. The molecule has 0 aliphatic rings. The lowest BCUT2D eigenvalue weighted by Crippen LogP contribution is -1.94. The second-order valence-electron chi connectivity index (χ2n) is 8.69. The first-order valence-electron chi connectivity index (χ1n) is 11.3. The third-order valence-corrected chi connectivity index (χ3v) is 8.15. The Labute approximate surface area is 198 Å². The van der Waals surface area contributed by atoms with E-state index in [4.69, 9.17) is 0 Å². The van der Waals surface area contributed by atoms with Crippen LogP contribution in [0.5, 0.6) is 0 Å². The molecule has 0 unspecified atom stereocenters. The molecule has 0 saturated carbocycles. The van der Waals surface area contributed by atoms with Crippen LogP contribution in [0.25, 0.3) is 69.5 Å². The Bertz CT molecular complexity index is 2030. The Kier molecular flexibility index (Phi) is 3.54. The highest BCUT2D eigenvalue weighted by molar-refractivity contribution is 7.27. The van der Waals surface area contributed by atoms with Crippen molar-refractivity contribution < 1.29 is 0 Å². The predicted molar refractivity (Wildman–Crippen MR) is 144 cm³/mol. The van der Waals surface area contributed by atoms with Gasteiger partial charge < -0.3 is 4.57 Å². The Balaban J connectivity index is 1.43. The molecule has 3 nitrogen and oxygen atoms in total. The maximum absolute atomic E-state index is 4.63. The van der Waals surface area contributed by atoms with E-state index in [1.807, 2.05) is 35.9 Å². The zero-order valence-corrected chi connectivity index (χ0v) is 18.9. The second kappa shape index (κ2) is 6.62. The average Bonchev–Trinajstić information content (AvgIpc) is 3.45. The van der Waals surface area contributed by atoms with E-state index in [0.717, 1.165) is 27.8 Å². The van der Waals surface area contributed by atoms with Gasteiger partial charge in [-0.1, -0.05) is 54.6 Å². The quantitative estimate of drug-likeness (QED) is 0.251. The molecule has 0 atom stereocenters. The van der Waals surface area contributed by atoms with Crippen LogP contribution in [0, 0.1) is 0 Å². The van der Waals surface area contributed by atoms with Crippen LogP contribution in [-0.2, 0) is 0 Å². The highest BCUT2D eigenvalue weighted by Gasteiger charge is 2.15. The van der Waals surface area contributed by atoms with Gasteiger partial charge in [-0.25, -0.2) is 0 Å². The minimum Gasteiger partial charge on any atom is -0.306 e. The van der Waals surface area contributed by atoms with Gasteiger partial charge in [-0.2, -0.15) is 0 Å². The number of aromatic nitrogens is 3. The third kappa shape index (κ3) is 2.35. The summed E-state index contributed by atoms with van der Waals surface area (Å²) in [7, 11) is 0. The van der Waals surface area contributed by atoms with Gasteiger partial charge in [0.05, 0.1) is 11.0 Å². The van der Waals surface area contributed by atoms with Crippen molar-refractivity contribution in [1.82, 2.24) is 14.5 Å². The van der Waals surface area contributed by atoms with Gasteiger partial charge in [-0.3, -0.25) is 9.97 Å². The maximum atomic E-state index is 4.63. The predicted octanol–water partition coefficient (Wildman–Crippen LogP) is 8.25. The zero-order valence-electron chi connectivity index (χ0n) is 18.1. The van der Waals surface area contributed by atoms with Crippen LogP contribution in [0.15, 0.2) is 103 Å². The van der Waals surface area contributed by atoms with E-state index in [1.165, 1.54) is 41.7 Å². The standard InChI is InChI=1S/C30H17N3S/c1-2-6-21-18(5-1)9-12-23-24-13-10-19-17-20(11-14-22(19)30(24)34-29(21)23)33-25-7-3-15-31-27(25)28-26(33)8-4-16-32-28/h1-17H. The summed E-state index contributed by atoms with van der Waals surface area (Å²) in [5.41, 5.74) is 5.14. The molecule has 0 aliphatic heterocycles. The molecule has 0 bridgehead atoms. The highest BCUT2D eigenvalue weighted by Crippen LogP contribution is 2.42. The topological polar surface area (TPSA) is 30.7 Å². The number of rotatable bonds is 1. The van der Waals surface area contributed by atoms with Crippen molar-refractivity contribution in [2.24, 2.45) is 0 Å². The Morgan fingerprint density at radius 1 is 0.529 bits per heavy atom. The van der Waals surface area contributed by atoms with Crippen molar-refractivity contribution in [3.63, 3.8) is 0 Å². The van der Waals surface area contributed by atoms with Gasteiger partial charge in [0.1, 0.15) is 11.0 Å². The summed E-state index contributed by atoms with van der Waals surface area (Å²) < 4.78 is 4.98. The molecule has 8 rings (SSSR count). The SMILES string of the molecule is c1ccc2c(c1)ccc1c3ccc4cc(-n5c6cccnc6c6ncccc65)ccc4c3sc21. The van der Waals surface area contributed by atoms with Gasteiger partial charge in [-0.05, 0) is 57.9 Å². The van der Waals surface area contributed by atoms with Gasteiger partial charge in [0.2, 0.25) is 0 Å². The lowest BCUT2D eigenvalue weighted by Gasteiger charge is -2.09. The number of hydrogen-bond donors (Lipinski definition) is 0. The molecule has 8 aromatic rings. The normalized spacial score (nSPS) is 12.1. The molecule has 0 radical (unpaired) electrons. The van der Waals surface area contributed by atoms with Gasteiger partial charge in [-0.15, -0.1) is 11.3 Å². The van der Waals surface area contributed by atoms with Crippen molar-refractivity contribution in [3.05, 3.63) is 103 Å². The summed E-state index contributed by atoms with van der Waals surface area (Å²) in [6.45, 7) is 0. The van der Waals surface area contributed by atoms with Crippen LogP contribution in [0.3, 0.4) is 0 Å². The molecule has 34 heavy (non-hydrogen) atoms. The first-order chi connectivity index (χ1) is 16.9. The van der Waals surface area contributed by atoms with Crippen LogP contribution < -0.4 is 0 Å². The fraction of sp³-hybridized carbons (Fsp3) is 0. The molecule has 4 aromatic heterocycles. The fourth-order valence-corrected chi connectivity index (χ4v) is 6.72. The third-order valence-electron chi connectivity index (χ3n) is 6.86. The van der Waals surface area contributed by atoms with Crippen molar-refractivity contribution in [3.8, 4) is 5.69 Å². The van der Waals surface area contributed by atoms with Crippen LogP contribution in [0.1, 0.15) is 0 Å². The van der Waals surface area contributed by atoms with Crippen LogP contribution in [0.4, 0.5) is 0 Å². The largest absolute Gasteiger partial charge is 0.306 e. The minimum absolute atomic E-state index is 0.935. The summed E-state index contributed by atoms with van der Waals surface area (Å²) in [6, 6.07) is 32.7. The smallest absolute Gasteiger partial charge is 0.115 e. The molecule has 4 aromatic carbocycles. The fourth-order valence-electron chi connectivity index (χ4n) is 5.34. The molecule has 0 aliphatic carbocycles. The molecule has 0 saturated heterocycles. The molecule has 4 heterocycles. The van der Waals surface area contributed by atoms with E-state index in [1.54, 1.807) is 0 Å². The number of thiophene rings is 1. The molecule has 0 fully saturated rings. The van der Waals surface area contributed by atoms with E-state index < -0.39 is 0 Å². The zero-order chi connectivity index (χ0) is 22.2. The number of nitrogens with zero attached hydrogens (tertiary/aromatic N) is 3. The first kappa shape index (κ1) is 18.2. The molecule has 0 spiro atoms. The first-order valence-corrected chi connectivity index (χ1v) is 12.2. The number of hydrogen-bond acceptors (Lipinski definition) is 3. The van der Waals surface area contributed by atoms with Gasteiger partial charge >= 0.3 is 0 Å². The highest BCUT2D eigenvalue weighted by atomic mass is 32.1. The van der Waals surface area contributed by atoms with Crippen molar-refractivity contribution >= 4 is 75.1 Å². The molecule has 4 heteroatoms. The van der Waals surface area contributed by atoms with Crippen LogP contribution in [0.2, 0.25) is 0 Å². The number of fused-ring (bicyclic) bond motifs is 10. The van der Waals surface area contributed by atoms with Gasteiger partial charge in [0.15, 0.2) is 0 Å². The molecule has 0 N–H and O–H groups in total. The summed E-state index contributed by atoms with van der Waals surface area (Å²) in [4.78, 5) is 9.25. The maximum Gasteiger partial charge on any atom is 0.115 e. The summed E-state index contributed by atoms with van der Waals surface area (Å²) in [5.74, 6) is 0. The average molecular weight is 452 g/mol. The Morgan fingerprint density at radius 2 is 1.15 bits per heavy atom. The van der Waals surface area contributed by atoms with E-state index in [9.17, 15) is 0 Å². The van der Waals surface area contributed by atoms with E-state index in [0.29, 0.717) is 0 Å². The van der Waals surface area contributed by atoms with Crippen LogP contribution >= 0.6 is 11.3 Å². The molecular weight excluding hydrogens is 434 g/mol. The van der Waals surface area contributed by atoms with Crippen LogP contribution in [-0.4, -0.2) is 14.5 Å².